The van der Waals surface area contributed by atoms with Crippen molar-refractivity contribution in [3.05, 3.63) is 53.9 Å². The first-order valence-electron chi connectivity index (χ1n) is 9.41. The Kier molecular flexibility index (Phi) is 6.66. The van der Waals surface area contributed by atoms with Gasteiger partial charge in [-0.1, -0.05) is 24.3 Å². The SMILES string of the molecule is CCOC1CCN(C(=NC)NCc2ccccc2Cn2cccn2)CC1. The van der Waals surface area contributed by atoms with Gasteiger partial charge in [-0.3, -0.25) is 9.67 Å². The topological polar surface area (TPSA) is 54.7 Å². The van der Waals surface area contributed by atoms with Crippen molar-refractivity contribution >= 4 is 5.96 Å². The average molecular weight is 355 g/mol. The van der Waals surface area contributed by atoms with Crippen LogP contribution in [0.25, 0.3) is 0 Å². The third-order valence-electron chi connectivity index (χ3n) is 4.80. The van der Waals surface area contributed by atoms with Gasteiger partial charge in [-0.15, -0.1) is 0 Å². The molecule has 2 heterocycles. The summed E-state index contributed by atoms with van der Waals surface area (Å²) in [5.41, 5.74) is 2.54. The van der Waals surface area contributed by atoms with Crippen LogP contribution in [0.15, 0.2) is 47.7 Å². The molecule has 0 spiro atoms. The van der Waals surface area contributed by atoms with E-state index < -0.39 is 0 Å². The predicted molar refractivity (Wildman–Crippen MR) is 104 cm³/mol. The zero-order valence-corrected chi connectivity index (χ0v) is 15.8. The number of nitrogens with one attached hydrogen (secondary N) is 1. The van der Waals surface area contributed by atoms with Crippen LogP contribution in [0.2, 0.25) is 0 Å². The molecule has 0 bridgehead atoms. The van der Waals surface area contributed by atoms with Gasteiger partial charge in [0.15, 0.2) is 5.96 Å². The summed E-state index contributed by atoms with van der Waals surface area (Å²) in [4.78, 5) is 6.80. The minimum Gasteiger partial charge on any atom is -0.378 e. The van der Waals surface area contributed by atoms with Gasteiger partial charge in [0.2, 0.25) is 0 Å². The van der Waals surface area contributed by atoms with E-state index in [9.17, 15) is 0 Å². The molecule has 3 rings (SSSR count). The number of benzene rings is 1. The maximum Gasteiger partial charge on any atom is 0.193 e. The van der Waals surface area contributed by atoms with E-state index in [0.29, 0.717) is 6.10 Å². The summed E-state index contributed by atoms with van der Waals surface area (Å²) in [6, 6.07) is 10.4. The highest BCUT2D eigenvalue weighted by molar-refractivity contribution is 5.80. The largest absolute Gasteiger partial charge is 0.378 e. The van der Waals surface area contributed by atoms with E-state index in [1.807, 2.05) is 30.2 Å². The van der Waals surface area contributed by atoms with Crippen molar-refractivity contribution in [3.8, 4) is 0 Å². The molecule has 0 amide bonds. The smallest absolute Gasteiger partial charge is 0.193 e. The fraction of sp³-hybridized carbons (Fsp3) is 0.500. The number of hydrogen-bond acceptors (Lipinski definition) is 3. The molecule has 0 atom stereocenters. The second-order valence-corrected chi connectivity index (χ2v) is 6.51. The molecule has 26 heavy (non-hydrogen) atoms. The van der Waals surface area contributed by atoms with Crippen molar-refractivity contribution in [1.82, 2.24) is 20.0 Å². The fourth-order valence-corrected chi connectivity index (χ4v) is 3.43. The Morgan fingerprint density at radius 2 is 2.00 bits per heavy atom. The van der Waals surface area contributed by atoms with Gasteiger partial charge in [0, 0.05) is 45.7 Å². The van der Waals surface area contributed by atoms with E-state index in [1.165, 1.54) is 11.1 Å². The van der Waals surface area contributed by atoms with Crippen LogP contribution in [0.3, 0.4) is 0 Å². The van der Waals surface area contributed by atoms with Gasteiger partial charge in [-0.2, -0.15) is 5.10 Å². The Balaban J connectivity index is 1.58. The van der Waals surface area contributed by atoms with E-state index >= 15 is 0 Å². The van der Waals surface area contributed by atoms with Gasteiger partial charge in [0.25, 0.3) is 0 Å². The third kappa shape index (κ3) is 4.85. The number of guanidine groups is 1. The van der Waals surface area contributed by atoms with Crippen LogP contribution in [0.1, 0.15) is 30.9 Å². The Morgan fingerprint density at radius 1 is 1.23 bits per heavy atom. The zero-order chi connectivity index (χ0) is 18.2. The molecular weight excluding hydrogens is 326 g/mol. The second-order valence-electron chi connectivity index (χ2n) is 6.51. The van der Waals surface area contributed by atoms with E-state index in [4.69, 9.17) is 4.74 Å². The van der Waals surface area contributed by atoms with Crippen LogP contribution < -0.4 is 5.32 Å². The molecule has 140 valence electrons. The molecule has 1 aromatic heterocycles. The number of hydrogen-bond donors (Lipinski definition) is 1. The summed E-state index contributed by atoms with van der Waals surface area (Å²) in [7, 11) is 1.85. The lowest BCUT2D eigenvalue weighted by atomic mass is 10.1. The lowest BCUT2D eigenvalue weighted by molar-refractivity contribution is 0.0263. The molecule has 6 heteroatoms. The number of aliphatic imine (C=N–C) groups is 1. The van der Waals surface area contributed by atoms with Crippen LogP contribution in [0.5, 0.6) is 0 Å². The summed E-state index contributed by atoms with van der Waals surface area (Å²) in [5, 5.41) is 7.84. The maximum absolute atomic E-state index is 5.74. The number of rotatable bonds is 6. The summed E-state index contributed by atoms with van der Waals surface area (Å²) in [6.07, 6.45) is 6.32. The van der Waals surface area contributed by atoms with Crippen LogP contribution in [0.4, 0.5) is 0 Å². The highest BCUT2D eigenvalue weighted by Gasteiger charge is 2.21. The number of aromatic nitrogens is 2. The van der Waals surface area contributed by atoms with Crippen molar-refractivity contribution in [1.29, 1.82) is 0 Å². The predicted octanol–water partition coefficient (Wildman–Crippen LogP) is 2.51. The first kappa shape index (κ1) is 18.5. The van der Waals surface area contributed by atoms with Crippen LogP contribution in [-0.4, -0.2) is 53.5 Å². The normalized spacial score (nSPS) is 16.1. The molecule has 0 aliphatic carbocycles. The highest BCUT2D eigenvalue weighted by Crippen LogP contribution is 2.15. The summed E-state index contributed by atoms with van der Waals surface area (Å²) < 4.78 is 7.69. The molecule has 1 N–H and O–H groups in total. The molecule has 2 aromatic rings. The molecule has 0 saturated carbocycles. The Labute approximate surface area is 155 Å². The summed E-state index contributed by atoms with van der Waals surface area (Å²) in [5.74, 6) is 0.967. The van der Waals surface area contributed by atoms with Crippen molar-refractivity contribution in [2.24, 2.45) is 4.99 Å². The van der Waals surface area contributed by atoms with E-state index in [-0.39, 0.29) is 0 Å². The fourth-order valence-electron chi connectivity index (χ4n) is 3.43. The molecule has 1 fully saturated rings. The average Bonchev–Trinajstić information content (AvgIpc) is 3.18. The van der Waals surface area contributed by atoms with Gasteiger partial charge in [-0.25, -0.2) is 0 Å². The van der Waals surface area contributed by atoms with Gasteiger partial charge >= 0.3 is 0 Å². The van der Waals surface area contributed by atoms with Crippen molar-refractivity contribution in [3.63, 3.8) is 0 Å². The van der Waals surface area contributed by atoms with Crippen LogP contribution >= 0.6 is 0 Å². The van der Waals surface area contributed by atoms with Crippen molar-refractivity contribution in [2.75, 3.05) is 26.7 Å². The van der Waals surface area contributed by atoms with E-state index in [2.05, 4.69) is 51.5 Å². The highest BCUT2D eigenvalue weighted by atomic mass is 16.5. The van der Waals surface area contributed by atoms with Crippen molar-refractivity contribution < 1.29 is 4.74 Å². The second kappa shape index (κ2) is 9.38. The zero-order valence-electron chi connectivity index (χ0n) is 15.8. The van der Waals surface area contributed by atoms with Crippen LogP contribution in [0, 0.1) is 0 Å². The molecule has 6 nitrogen and oxygen atoms in total. The summed E-state index contributed by atoms with van der Waals surface area (Å²) >= 11 is 0. The molecule has 1 aliphatic rings. The number of piperidine rings is 1. The van der Waals surface area contributed by atoms with Gasteiger partial charge in [-0.05, 0) is 37.0 Å². The molecule has 0 unspecified atom stereocenters. The van der Waals surface area contributed by atoms with Gasteiger partial charge in [0.1, 0.15) is 0 Å². The van der Waals surface area contributed by atoms with Gasteiger partial charge in [0.05, 0.1) is 12.6 Å². The molecule has 0 radical (unpaired) electrons. The Bertz CT molecular complexity index is 690. The molecule has 1 aliphatic heterocycles. The third-order valence-corrected chi connectivity index (χ3v) is 4.80. The Hall–Kier alpha value is -2.34. The minimum absolute atomic E-state index is 0.393. The van der Waals surface area contributed by atoms with E-state index in [0.717, 1.165) is 51.6 Å². The number of nitrogens with zero attached hydrogens (tertiary/aromatic N) is 4. The molecular formula is C20H29N5O. The first-order chi connectivity index (χ1) is 12.8. The lowest BCUT2D eigenvalue weighted by Gasteiger charge is -2.34. The number of ether oxygens (including phenoxy) is 1. The maximum atomic E-state index is 5.74. The standard InChI is InChI=1S/C20H29N5O/c1-3-26-19-9-13-24(14-10-19)20(21-2)22-15-17-7-4-5-8-18(17)16-25-12-6-11-23-25/h4-8,11-12,19H,3,9-10,13-16H2,1-2H3,(H,21,22). The van der Waals surface area contributed by atoms with E-state index in [1.54, 1.807) is 0 Å². The quantitative estimate of drug-likeness (QED) is 0.639. The van der Waals surface area contributed by atoms with Crippen molar-refractivity contribution in [2.45, 2.75) is 39.0 Å². The summed E-state index contributed by atoms with van der Waals surface area (Å²) in [6.45, 7) is 6.37. The minimum atomic E-state index is 0.393. The number of likely N-dealkylation sites (tertiary alicyclic amines) is 1. The monoisotopic (exact) mass is 355 g/mol. The molecule has 1 saturated heterocycles. The first-order valence-corrected chi connectivity index (χ1v) is 9.41. The lowest BCUT2D eigenvalue weighted by Crippen LogP contribution is -2.46. The Morgan fingerprint density at radius 3 is 2.65 bits per heavy atom. The van der Waals surface area contributed by atoms with Gasteiger partial charge < -0.3 is 15.0 Å². The molecule has 1 aromatic carbocycles. The van der Waals surface area contributed by atoms with Crippen LogP contribution in [-0.2, 0) is 17.8 Å².